The number of nitrogens with zero attached hydrogens (tertiary/aromatic N) is 3. The van der Waals surface area contributed by atoms with Crippen LogP contribution >= 0.6 is 0 Å². The largest absolute Gasteiger partial charge is 0.497 e. The minimum absolute atomic E-state index is 0.209. The molecule has 30 heavy (non-hydrogen) atoms. The fraction of sp³-hybridized carbons (Fsp3) is 0.227. The van der Waals surface area contributed by atoms with E-state index in [9.17, 15) is 9.18 Å². The zero-order chi connectivity index (χ0) is 21.3. The maximum Gasteiger partial charge on any atom is 0.338 e. The second-order valence-electron chi connectivity index (χ2n) is 6.74. The summed E-state index contributed by atoms with van der Waals surface area (Å²) in [6, 6.07) is 12.8. The normalized spacial score (nSPS) is 15.4. The van der Waals surface area contributed by atoms with E-state index in [-0.39, 0.29) is 6.61 Å². The van der Waals surface area contributed by atoms with Crippen molar-refractivity contribution in [2.45, 2.75) is 19.9 Å². The van der Waals surface area contributed by atoms with E-state index in [4.69, 9.17) is 9.47 Å². The number of hydrogen-bond acceptors (Lipinski definition) is 6. The van der Waals surface area contributed by atoms with Crippen molar-refractivity contribution in [3.8, 4) is 17.1 Å². The lowest BCUT2D eigenvalue weighted by molar-refractivity contribution is -0.139. The molecule has 0 radical (unpaired) electrons. The molecule has 0 aliphatic carbocycles. The van der Waals surface area contributed by atoms with Crippen LogP contribution in [0.25, 0.3) is 11.4 Å². The Morgan fingerprint density at radius 2 is 1.93 bits per heavy atom. The van der Waals surface area contributed by atoms with Gasteiger partial charge in [-0.2, -0.15) is 4.98 Å². The number of methoxy groups -OCH3 is 1. The first-order chi connectivity index (χ1) is 14.5. The van der Waals surface area contributed by atoms with Gasteiger partial charge in [0.15, 0.2) is 5.82 Å². The number of carbonyl (C=O) groups is 1. The second-order valence-corrected chi connectivity index (χ2v) is 6.74. The molecule has 7 nitrogen and oxygen atoms in total. The maximum atomic E-state index is 14.8. The molecular formula is C22H21FN4O3. The first-order valence-corrected chi connectivity index (χ1v) is 9.53. The van der Waals surface area contributed by atoms with Gasteiger partial charge in [0.05, 0.1) is 19.3 Å². The highest BCUT2D eigenvalue weighted by molar-refractivity contribution is 5.92. The van der Waals surface area contributed by atoms with Crippen molar-refractivity contribution in [2.75, 3.05) is 19.0 Å². The molecule has 1 N–H and O–H groups in total. The Morgan fingerprint density at radius 3 is 2.60 bits per heavy atom. The van der Waals surface area contributed by atoms with Gasteiger partial charge in [-0.15, -0.1) is 5.10 Å². The van der Waals surface area contributed by atoms with Crippen LogP contribution in [0.3, 0.4) is 0 Å². The van der Waals surface area contributed by atoms with Gasteiger partial charge in [0.2, 0.25) is 5.95 Å². The number of aromatic nitrogens is 3. The van der Waals surface area contributed by atoms with Crippen LogP contribution in [0.5, 0.6) is 5.75 Å². The molecule has 2 heterocycles. The third-order valence-electron chi connectivity index (χ3n) is 4.90. The number of benzene rings is 2. The molecule has 1 unspecified atom stereocenters. The van der Waals surface area contributed by atoms with Crippen molar-refractivity contribution in [2.24, 2.45) is 0 Å². The third kappa shape index (κ3) is 3.41. The molecule has 1 aromatic heterocycles. The smallest absolute Gasteiger partial charge is 0.338 e. The highest BCUT2D eigenvalue weighted by Gasteiger charge is 2.36. The van der Waals surface area contributed by atoms with Crippen molar-refractivity contribution >= 4 is 11.9 Å². The number of carbonyl (C=O) groups excluding carboxylic acids is 1. The molecule has 2 aromatic carbocycles. The van der Waals surface area contributed by atoms with Gasteiger partial charge >= 0.3 is 5.97 Å². The van der Waals surface area contributed by atoms with Crippen LogP contribution in [0.15, 0.2) is 59.8 Å². The molecule has 0 saturated heterocycles. The summed E-state index contributed by atoms with van der Waals surface area (Å²) in [5.74, 6) is 0.612. The van der Waals surface area contributed by atoms with E-state index in [2.05, 4.69) is 15.4 Å². The fourth-order valence-electron chi connectivity index (χ4n) is 3.47. The van der Waals surface area contributed by atoms with E-state index in [1.54, 1.807) is 39.2 Å². The van der Waals surface area contributed by atoms with Crippen LogP contribution in [-0.4, -0.2) is 34.5 Å². The molecule has 0 fully saturated rings. The minimum Gasteiger partial charge on any atom is -0.497 e. The highest BCUT2D eigenvalue weighted by Crippen LogP contribution is 2.37. The summed E-state index contributed by atoms with van der Waals surface area (Å²) in [4.78, 5) is 17.3. The first kappa shape index (κ1) is 19.6. The summed E-state index contributed by atoms with van der Waals surface area (Å²) in [7, 11) is 1.59. The zero-order valence-corrected chi connectivity index (χ0v) is 16.8. The van der Waals surface area contributed by atoms with Gasteiger partial charge in [-0.1, -0.05) is 18.2 Å². The van der Waals surface area contributed by atoms with Gasteiger partial charge in [0.25, 0.3) is 0 Å². The minimum atomic E-state index is -0.805. The number of esters is 1. The van der Waals surface area contributed by atoms with Crippen molar-refractivity contribution < 1.29 is 18.7 Å². The summed E-state index contributed by atoms with van der Waals surface area (Å²) in [6.45, 7) is 3.68. The van der Waals surface area contributed by atoms with Crippen molar-refractivity contribution in [1.82, 2.24) is 14.8 Å². The topological polar surface area (TPSA) is 78.3 Å². The van der Waals surface area contributed by atoms with Gasteiger partial charge in [-0.05, 0) is 44.2 Å². The SMILES string of the molecule is CCOC(=O)C1=C(C)Nc2nc(-c3ccc(OC)cc3)nn2C1c1ccccc1F. The summed E-state index contributed by atoms with van der Waals surface area (Å²) >= 11 is 0. The van der Waals surface area contributed by atoms with E-state index in [1.165, 1.54) is 10.7 Å². The third-order valence-corrected chi connectivity index (χ3v) is 4.90. The Balaban J connectivity index is 1.85. The molecule has 0 amide bonds. The van der Waals surface area contributed by atoms with Gasteiger partial charge in [0, 0.05) is 16.8 Å². The molecular weight excluding hydrogens is 387 g/mol. The summed E-state index contributed by atoms with van der Waals surface area (Å²) in [5, 5.41) is 7.70. The number of fused-ring (bicyclic) bond motifs is 1. The molecule has 0 saturated carbocycles. The molecule has 8 heteroatoms. The van der Waals surface area contributed by atoms with Crippen LogP contribution in [0.2, 0.25) is 0 Å². The lowest BCUT2D eigenvalue weighted by Crippen LogP contribution is -2.30. The number of anilines is 1. The van der Waals surface area contributed by atoms with E-state index >= 15 is 0 Å². The van der Waals surface area contributed by atoms with Crippen molar-refractivity contribution in [3.05, 3.63) is 71.2 Å². The number of rotatable bonds is 5. The fourth-order valence-corrected chi connectivity index (χ4v) is 3.47. The Kier molecular flexibility index (Phi) is 5.22. The number of nitrogens with one attached hydrogen (secondary N) is 1. The number of ether oxygens (including phenoxy) is 2. The lowest BCUT2D eigenvalue weighted by Gasteiger charge is -2.28. The van der Waals surface area contributed by atoms with E-state index in [0.29, 0.717) is 34.4 Å². The molecule has 3 aromatic rings. The van der Waals surface area contributed by atoms with E-state index in [1.807, 2.05) is 24.3 Å². The van der Waals surface area contributed by atoms with E-state index in [0.717, 1.165) is 5.56 Å². The Bertz CT molecular complexity index is 1120. The van der Waals surface area contributed by atoms with E-state index < -0.39 is 17.8 Å². The van der Waals surface area contributed by atoms with Gasteiger partial charge < -0.3 is 14.8 Å². The predicted molar refractivity (Wildman–Crippen MR) is 110 cm³/mol. The zero-order valence-electron chi connectivity index (χ0n) is 16.8. The van der Waals surface area contributed by atoms with Crippen molar-refractivity contribution in [1.29, 1.82) is 0 Å². The number of hydrogen-bond donors (Lipinski definition) is 1. The van der Waals surface area contributed by atoms with Crippen LogP contribution in [-0.2, 0) is 9.53 Å². The average molecular weight is 408 g/mol. The monoisotopic (exact) mass is 408 g/mol. The maximum absolute atomic E-state index is 14.8. The summed E-state index contributed by atoms with van der Waals surface area (Å²) < 4.78 is 26.7. The Labute approximate surface area is 173 Å². The number of allylic oxidation sites excluding steroid dienone is 1. The molecule has 1 atom stereocenters. The molecule has 0 spiro atoms. The summed E-state index contributed by atoms with van der Waals surface area (Å²) in [5.41, 5.74) is 1.92. The standard InChI is InChI=1S/C22H21FN4O3/c1-4-30-21(28)18-13(2)24-22-25-20(14-9-11-15(29-3)12-10-14)26-27(22)19(18)16-7-5-6-8-17(16)23/h5-12,19H,4H2,1-3H3,(H,24,25,26). The second kappa shape index (κ2) is 7.98. The van der Waals surface area contributed by atoms with Crippen LogP contribution < -0.4 is 10.1 Å². The Hall–Kier alpha value is -3.68. The van der Waals surface area contributed by atoms with Crippen LogP contribution in [0.4, 0.5) is 10.3 Å². The quantitative estimate of drug-likeness (QED) is 0.644. The number of halogens is 1. The van der Waals surface area contributed by atoms with Crippen molar-refractivity contribution in [3.63, 3.8) is 0 Å². The van der Waals surface area contributed by atoms with Gasteiger partial charge in [-0.25, -0.2) is 13.9 Å². The van der Waals surface area contributed by atoms with Crippen LogP contribution in [0, 0.1) is 5.82 Å². The molecule has 154 valence electrons. The average Bonchev–Trinajstić information content (AvgIpc) is 3.17. The molecule has 1 aliphatic heterocycles. The highest BCUT2D eigenvalue weighted by atomic mass is 19.1. The Morgan fingerprint density at radius 1 is 1.20 bits per heavy atom. The van der Waals surface area contributed by atoms with Crippen LogP contribution in [0.1, 0.15) is 25.5 Å². The van der Waals surface area contributed by atoms with Gasteiger partial charge in [0.1, 0.15) is 17.6 Å². The summed E-state index contributed by atoms with van der Waals surface area (Å²) in [6.07, 6.45) is 0. The first-order valence-electron chi connectivity index (χ1n) is 9.53. The predicted octanol–water partition coefficient (Wildman–Crippen LogP) is 3.94. The lowest BCUT2D eigenvalue weighted by atomic mass is 9.95. The molecule has 0 bridgehead atoms. The van der Waals surface area contributed by atoms with Gasteiger partial charge in [-0.3, -0.25) is 0 Å². The molecule has 1 aliphatic rings. The molecule has 4 rings (SSSR count).